The van der Waals surface area contributed by atoms with Gasteiger partial charge in [0, 0.05) is 49.4 Å². The molecule has 2 aromatic carbocycles. The minimum atomic E-state index is -1.92. The fourth-order valence-corrected chi connectivity index (χ4v) is 4.48. The number of pyridine rings is 1. The van der Waals surface area contributed by atoms with Gasteiger partial charge in [-0.2, -0.15) is 0 Å². The number of likely N-dealkylation sites (N-methyl/N-ethyl adjacent to an activating group) is 1. The fourth-order valence-electron chi connectivity index (χ4n) is 4.48. The molecule has 7 nitrogen and oxygen atoms in total. The third-order valence-electron chi connectivity index (χ3n) is 5.82. The number of aliphatic hydroxyl groups excluding tert-OH is 1. The number of aromatic nitrogens is 1. The van der Waals surface area contributed by atoms with E-state index in [1.54, 1.807) is 23.0 Å². The number of aliphatic hydroxyl groups is 1. The van der Waals surface area contributed by atoms with Crippen molar-refractivity contribution in [3.05, 3.63) is 94.8 Å². The second-order valence-electron chi connectivity index (χ2n) is 9.06. The van der Waals surface area contributed by atoms with Crippen molar-refractivity contribution in [2.75, 3.05) is 33.0 Å². The van der Waals surface area contributed by atoms with Crippen LogP contribution in [0.15, 0.2) is 54.9 Å². The molecule has 3 aromatic rings. The number of likely N-dealkylation sites (tertiary alicyclic amines) is 1. The summed E-state index contributed by atoms with van der Waals surface area (Å²) in [4.78, 5) is 2.12. The molecule has 0 amide bonds. The van der Waals surface area contributed by atoms with Crippen molar-refractivity contribution in [1.29, 1.82) is 0 Å². The fraction of sp³-hybridized carbons (Fsp3) is 0.370. The van der Waals surface area contributed by atoms with Gasteiger partial charge < -0.3 is 21.5 Å². The van der Waals surface area contributed by atoms with Crippen molar-refractivity contribution in [1.82, 2.24) is 4.90 Å². The van der Waals surface area contributed by atoms with Crippen LogP contribution in [0.1, 0.15) is 23.1 Å². The molecule has 5 N–H and O–H groups in total. The van der Waals surface area contributed by atoms with Gasteiger partial charge in [0.15, 0.2) is 12.4 Å². The van der Waals surface area contributed by atoms with Crippen LogP contribution in [0.5, 0.6) is 0 Å². The van der Waals surface area contributed by atoms with Crippen molar-refractivity contribution < 1.29 is 52.5 Å². The number of rotatable bonds is 4. The van der Waals surface area contributed by atoms with Gasteiger partial charge in [-0.15, -0.1) is 0 Å². The summed E-state index contributed by atoms with van der Waals surface area (Å²) in [6, 6.07) is 9.70. The number of aryl methyl sites for hydroxylation is 1. The molecule has 2 heterocycles. The topological polar surface area (TPSA) is 114 Å². The van der Waals surface area contributed by atoms with E-state index in [1.165, 1.54) is 36.4 Å². The summed E-state index contributed by atoms with van der Waals surface area (Å²) in [5.41, 5.74) is 13.2. The summed E-state index contributed by atoms with van der Waals surface area (Å²) in [5.74, 6) is -1.74. The van der Waals surface area contributed by atoms with Gasteiger partial charge in [-0.25, -0.2) is 22.1 Å². The van der Waals surface area contributed by atoms with E-state index in [4.69, 9.17) is 23.4 Å². The molecule has 2 atom stereocenters. The van der Waals surface area contributed by atoms with E-state index in [0.717, 1.165) is 32.2 Å². The molecule has 218 valence electrons. The van der Waals surface area contributed by atoms with Crippen molar-refractivity contribution in [2.45, 2.75) is 25.3 Å². The first-order valence-electron chi connectivity index (χ1n) is 11.9. The average molecular weight is 735 g/mol. The maximum atomic E-state index is 13.5. The van der Waals surface area contributed by atoms with Gasteiger partial charge in [0.2, 0.25) is 0 Å². The molecule has 0 radical (unpaired) electrons. The minimum absolute atomic E-state index is 0.0677. The van der Waals surface area contributed by atoms with E-state index in [1.807, 2.05) is 14.1 Å². The third-order valence-corrected chi connectivity index (χ3v) is 5.82. The van der Waals surface area contributed by atoms with Gasteiger partial charge in [0.05, 0.1) is 5.69 Å². The van der Waals surface area contributed by atoms with Crippen LogP contribution in [-0.2, 0) is 45.2 Å². The van der Waals surface area contributed by atoms with Crippen LogP contribution >= 0.6 is 0 Å². The number of benzene rings is 2. The molecule has 1 aliphatic heterocycles. The summed E-state index contributed by atoms with van der Waals surface area (Å²) >= 11 is -1.92. The van der Waals surface area contributed by atoms with Crippen LogP contribution in [-0.4, -0.2) is 43.3 Å². The Labute approximate surface area is 234 Å². The van der Waals surface area contributed by atoms with E-state index < -0.39 is 41.8 Å². The van der Waals surface area contributed by atoms with Crippen molar-refractivity contribution in [3.63, 3.8) is 0 Å². The van der Waals surface area contributed by atoms with E-state index in [9.17, 15) is 17.6 Å². The quantitative estimate of drug-likeness (QED) is 0.281. The first-order chi connectivity index (χ1) is 18.5. The number of hydrogen-bond donors (Lipinski definition) is 3. The summed E-state index contributed by atoms with van der Waals surface area (Å²) < 4.78 is 72.7. The Kier molecular flexibility index (Phi) is 15.6. The van der Waals surface area contributed by atoms with E-state index in [0.29, 0.717) is 12.1 Å². The maximum absolute atomic E-state index is 13.5. The van der Waals surface area contributed by atoms with Crippen LogP contribution in [0.3, 0.4) is 0 Å². The number of anilines is 1. The van der Waals surface area contributed by atoms with Crippen LogP contribution in [0.4, 0.5) is 23.2 Å². The molecule has 0 spiro atoms. The Bertz CT molecular complexity index is 1160. The zero-order valence-corrected chi connectivity index (χ0v) is 24.3. The first kappa shape index (κ1) is 34.3. The SMILES string of the molecule is CN1CC(N)CC(Cc2c(F)cccc2F)C1.CO.C[n+]1cc(N)cc(Cc2c(F)cccc2F)c1.[O]=[Pt]=[O]. The molecule has 39 heavy (non-hydrogen) atoms. The monoisotopic (exact) mass is 734 g/mol. The Morgan fingerprint density at radius 2 is 1.44 bits per heavy atom. The normalized spacial score (nSPS) is 16.6. The van der Waals surface area contributed by atoms with Crippen LogP contribution in [0.2, 0.25) is 0 Å². The number of halogens is 4. The predicted octanol–water partition coefficient (Wildman–Crippen LogP) is 3.12. The molecule has 1 saturated heterocycles. The van der Waals surface area contributed by atoms with Crippen LogP contribution < -0.4 is 16.0 Å². The predicted molar refractivity (Wildman–Crippen MR) is 134 cm³/mol. The molecule has 0 aliphatic carbocycles. The number of nitrogens with two attached hydrogens (primary N) is 2. The number of nitrogens with zero attached hydrogens (tertiary/aromatic N) is 2. The molecular formula is C27H35F4N4O3Pt+. The zero-order chi connectivity index (χ0) is 29.5. The molecule has 0 saturated carbocycles. The summed E-state index contributed by atoms with van der Waals surface area (Å²) in [5, 5.41) is 7.00. The molecule has 1 aromatic heterocycles. The van der Waals surface area contributed by atoms with Gasteiger partial charge >= 0.3 is 25.3 Å². The summed E-state index contributed by atoms with van der Waals surface area (Å²) in [7, 11) is 4.81. The van der Waals surface area contributed by atoms with Gasteiger partial charge in [0.25, 0.3) is 0 Å². The molecule has 1 aliphatic rings. The van der Waals surface area contributed by atoms with Gasteiger partial charge in [-0.3, -0.25) is 0 Å². The molecule has 2 unspecified atom stereocenters. The molecular weight excluding hydrogens is 699 g/mol. The Balaban J connectivity index is 0.000000335. The number of nitrogen functional groups attached to an aromatic ring is 1. The Morgan fingerprint density at radius 3 is 1.90 bits per heavy atom. The molecule has 0 bridgehead atoms. The van der Waals surface area contributed by atoms with Crippen molar-refractivity contribution >= 4 is 5.69 Å². The van der Waals surface area contributed by atoms with Crippen LogP contribution in [0.25, 0.3) is 0 Å². The second kappa shape index (κ2) is 17.8. The molecule has 12 heteroatoms. The number of hydrogen-bond acceptors (Lipinski definition) is 6. The standard InChI is InChI=1S/C13H18F2N2.C13H13F2N2.CH4O.2O.Pt/c2*1-17-7-9(5-10(16)8-17)6-11-12(14)3-2-4-13(11)15;1-2;;;/h2-4,9-10H,5-8,16H2,1H3;2-5,7-8H,6,16H2,1H3;2H,1H3;;;/q;+1;;;;. The van der Waals surface area contributed by atoms with Gasteiger partial charge in [-0.1, -0.05) is 12.1 Å². The van der Waals surface area contributed by atoms with Gasteiger partial charge in [0.1, 0.15) is 30.3 Å². The zero-order valence-electron chi connectivity index (χ0n) is 22.0. The Hall–Kier alpha value is -2.72. The first-order valence-corrected chi connectivity index (χ1v) is 13.7. The summed E-state index contributed by atoms with van der Waals surface area (Å²) in [6.07, 6.45) is 4.98. The average Bonchev–Trinajstić information content (AvgIpc) is 2.85. The van der Waals surface area contributed by atoms with Crippen molar-refractivity contribution in [3.8, 4) is 0 Å². The van der Waals surface area contributed by atoms with E-state index >= 15 is 0 Å². The molecule has 1 fully saturated rings. The summed E-state index contributed by atoms with van der Waals surface area (Å²) in [6.45, 7) is 1.71. The third kappa shape index (κ3) is 11.9. The second-order valence-corrected chi connectivity index (χ2v) is 9.44. The van der Waals surface area contributed by atoms with E-state index in [-0.39, 0.29) is 29.5 Å². The van der Waals surface area contributed by atoms with E-state index in [2.05, 4.69) is 4.90 Å². The Morgan fingerprint density at radius 1 is 0.949 bits per heavy atom. The number of piperidine rings is 1. The van der Waals surface area contributed by atoms with Crippen molar-refractivity contribution in [2.24, 2.45) is 18.7 Å². The van der Waals surface area contributed by atoms with Crippen LogP contribution in [0, 0.1) is 29.2 Å². The molecule has 4 rings (SSSR count). The van der Waals surface area contributed by atoms with Gasteiger partial charge in [-0.05, 0) is 56.1 Å².